The van der Waals surface area contributed by atoms with E-state index in [-0.39, 0.29) is 6.10 Å². The van der Waals surface area contributed by atoms with Crippen LogP contribution in [0.4, 0.5) is 0 Å². The van der Waals surface area contributed by atoms with Crippen LogP contribution >= 0.6 is 15.9 Å². The summed E-state index contributed by atoms with van der Waals surface area (Å²) in [7, 11) is 0. The van der Waals surface area contributed by atoms with E-state index >= 15 is 0 Å². The average Bonchev–Trinajstić information content (AvgIpc) is 2.28. The maximum Gasteiger partial charge on any atom is 0.134 e. The molecule has 0 saturated carbocycles. The summed E-state index contributed by atoms with van der Waals surface area (Å²) in [4.78, 5) is 2.26. The Morgan fingerprint density at radius 2 is 2.00 bits per heavy atom. The van der Waals surface area contributed by atoms with Crippen LogP contribution in [0, 0.1) is 0 Å². The Balaban J connectivity index is 2.01. The maximum absolute atomic E-state index is 9.86. The van der Waals surface area contributed by atoms with Crippen molar-refractivity contribution in [3.05, 3.63) is 28.2 Å². The lowest BCUT2D eigenvalue weighted by molar-refractivity contribution is 0.0789. The minimum absolute atomic E-state index is 0.146. The molecule has 0 atom stereocenters. The van der Waals surface area contributed by atoms with Crippen LogP contribution in [-0.4, -0.2) is 34.3 Å². The molecule has 16 heavy (non-hydrogen) atoms. The van der Waals surface area contributed by atoms with E-state index in [1.54, 1.807) is 0 Å². The van der Waals surface area contributed by atoms with Crippen molar-refractivity contribution in [2.75, 3.05) is 13.1 Å². The topological polar surface area (TPSA) is 43.7 Å². The normalized spacial score (nSPS) is 18.9. The predicted octanol–water partition coefficient (Wildman–Crippen LogP) is 2.11. The van der Waals surface area contributed by atoms with Crippen LogP contribution in [0.2, 0.25) is 0 Å². The lowest BCUT2D eigenvalue weighted by Crippen LogP contribution is -2.35. The molecule has 1 aromatic carbocycles. The van der Waals surface area contributed by atoms with Crippen molar-refractivity contribution >= 4 is 15.9 Å². The number of hydrogen-bond donors (Lipinski definition) is 2. The van der Waals surface area contributed by atoms with Gasteiger partial charge in [0.1, 0.15) is 5.75 Å². The molecular weight excluding hydrogens is 270 g/mol. The van der Waals surface area contributed by atoms with Gasteiger partial charge in [-0.1, -0.05) is 12.1 Å². The van der Waals surface area contributed by atoms with Gasteiger partial charge >= 0.3 is 0 Å². The molecule has 1 fully saturated rings. The van der Waals surface area contributed by atoms with Crippen molar-refractivity contribution in [3.63, 3.8) is 0 Å². The van der Waals surface area contributed by atoms with Gasteiger partial charge in [0, 0.05) is 25.2 Å². The first kappa shape index (κ1) is 11.9. The number of halogens is 1. The van der Waals surface area contributed by atoms with Crippen LogP contribution in [0.25, 0.3) is 0 Å². The SMILES string of the molecule is Oc1c(Br)cccc1CN1CCC(O)CC1. The molecule has 4 heteroatoms. The largest absolute Gasteiger partial charge is 0.506 e. The number of likely N-dealkylation sites (tertiary alicyclic amines) is 1. The molecule has 1 heterocycles. The fraction of sp³-hybridized carbons (Fsp3) is 0.500. The first-order valence-electron chi connectivity index (χ1n) is 5.53. The summed E-state index contributed by atoms with van der Waals surface area (Å²) in [5, 5.41) is 19.3. The standard InChI is InChI=1S/C12H16BrNO2/c13-11-3-1-2-9(12(11)16)8-14-6-4-10(15)5-7-14/h1-3,10,15-16H,4-8H2. The number of aliphatic hydroxyl groups excluding tert-OH is 1. The minimum atomic E-state index is -0.146. The van der Waals surface area contributed by atoms with E-state index in [0.29, 0.717) is 5.75 Å². The molecule has 0 unspecified atom stereocenters. The second kappa shape index (κ2) is 5.17. The van der Waals surface area contributed by atoms with Crippen LogP contribution in [0.3, 0.4) is 0 Å². The molecule has 1 saturated heterocycles. The monoisotopic (exact) mass is 285 g/mol. The average molecular weight is 286 g/mol. The Morgan fingerprint density at radius 3 is 2.69 bits per heavy atom. The van der Waals surface area contributed by atoms with Gasteiger partial charge in [-0.15, -0.1) is 0 Å². The molecule has 2 N–H and O–H groups in total. The molecule has 88 valence electrons. The van der Waals surface area contributed by atoms with E-state index < -0.39 is 0 Å². The molecule has 3 nitrogen and oxygen atoms in total. The van der Waals surface area contributed by atoms with Gasteiger partial charge in [-0.2, -0.15) is 0 Å². The van der Waals surface area contributed by atoms with E-state index in [1.165, 1.54) is 0 Å². The third-order valence-electron chi connectivity index (χ3n) is 3.02. The van der Waals surface area contributed by atoms with E-state index in [4.69, 9.17) is 0 Å². The number of nitrogens with zero attached hydrogens (tertiary/aromatic N) is 1. The zero-order valence-corrected chi connectivity index (χ0v) is 10.7. The Labute approximate surface area is 104 Å². The Hall–Kier alpha value is -0.580. The Kier molecular flexibility index (Phi) is 3.84. The van der Waals surface area contributed by atoms with E-state index in [9.17, 15) is 10.2 Å². The highest BCUT2D eigenvalue weighted by Gasteiger charge is 2.18. The molecule has 0 bridgehead atoms. The molecule has 1 aliphatic heterocycles. The van der Waals surface area contributed by atoms with Gasteiger partial charge in [0.2, 0.25) is 0 Å². The zero-order valence-electron chi connectivity index (χ0n) is 9.06. The van der Waals surface area contributed by atoms with Crippen molar-refractivity contribution in [2.24, 2.45) is 0 Å². The van der Waals surface area contributed by atoms with Crippen LogP contribution < -0.4 is 0 Å². The highest BCUT2D eigenvalue weighted by molar-refractivity contribution is 9.10. The number of phenolic OH excluding ortho intramolecular Hbond substituents is 1. The van der Waals surface area contributed by atoms with E-state index in [0.717, 1.165) is 42.5 Å². The van der Waals surface area contributed by atoms with Crippen molar-refractivity contribution in [1.29, 1.82) is 0 Å². The zero-order chi connectivity index (χ0) is 11.5. The molecular formula is C12H16BrNO2. The van der Waals surface area contributed by atoms with Crippen molar-refractivity contribution in [2.45, 2.75) is 25.5 Å². The second-order valence-electron chi connectivity index (χ2n) is 4.25. The summed E-state index contributed by atoms with van der Waals surface area (Å²) in [5.41, 5.74) is 0.936. The molecule has 1 aliphatic rings. The molecule has 2 rings (SSSR count). The number of rotatable bonds is 2. The molecule has 0 aromatic heterocycles. The first-order chi connectivity index (χ1) is 7.66. The molecule has 0 radical (unpaired) electrons. The molecule has 0 amide bonds. The summed E-state index contributed by atoms with van der Waals surface area (Å²) in [6.45, 7) is 2.54. The summed E-state index contributed by atoms with van der Waals surface area (Å²) in [6.07, 6.45) is 1.51. The van der Waals surface area contributed by atoms with Crippen molar-refractivity contribution in [1.82, 2.24) is 4.90 Å². The van der Waals surface area contributed by atoms with Gasteiger partial charge in [-0.3, -0.25) is 4.90 Å². The van der Waals surface area contributed by atoms with Crippen LogP contribution in [0.1, 0.15) is 18.4 Å². The fourth-order valence-electron chi connectivity index (χ4n) is 2.01. The van der Waals surface area contributed by atoms with Gasteiger partial charge in [0.15, 0.2) is 0 Å². The van der Waals surface area contributed by atoms with Gasteiger partial charge in [-0.25, -0.2) is 0 Å². The number of para-hydroxylation sites is 1. The third-order valence-corrected chi connectivity index (χ3v) is 3.66. The lowest BCUT2D eigenvalue weighted by atomic mass is 10.1. The number of phenols is 1. The number of piperidine rings is 1. The minimum Gasteiger partial charge on any atom is -0.506 e. The Bertz CT molecular complexity index is 362. The number of benzene rings is 1. The van der Waals surface area contributed by atoms with Crippen LogP contribution in [0.5, 0.6) is 5.75 Å². The van der Waals surface area contributed by atoms with Gasteiger partial charge < -0.3 is 10.2 Å². The van der Waals surface area contributed by atoms with Crippen molar-refractivity contribution < 1.29 is 10.2 Å². The third kappa shape index (κ3) is 2.75. The molecule has 0 aliphatic carbocycles. The number of aromatic hydroxyl groups is 1. The van der Waals surface area contributed by atoms with Gasteiger partial charge in [0.25, 0.3) is 0 Å². The number of hydrogen-bond acceptors (Lipinski definition) is 3. The molecule has 1 aromatic rings. The highest BCUT2D eigenvalue weighted by Crippen LogP contribution is 2.28. The first-order valence-corrected chi connectivity index (χ1v) is 6.33. The maximum atomic E-state index is 9.86. The lowest BCUT2D eigenvalue weighted by Gasteiger charge is -2.29. The van der Waals surface area contributed by atoms with Crippen LogP contribution in [0.15, 0.2) is 22.7 Å². The fourth-order valence-corrected chi connectivity index (χ4v) is 2.41. The van der Waals surface area contributed by atoms with Gasteiger partial charge in [0.05, 0.1) is 10.6 Å². The smallest absolute Gasteiger partial charge is 0.134 e. The quantitative estimate of drug-likeness (QED) is 0.875. The van der Waals surface area contributed by atoms with E-state index in [1.807, 2.05) is 18.2 Å². The summed E-state index contributed by atoms with van der Waals surface area (Å²) in [5.74, 6) is 0.327. The second-order valence-corrected chi connectivity index (χ2v) is 5.11. The van der Waals surface area contributed by atoms with Crippen LogP contribution in [-0.2, 0) is 6.54 Å². The Morgan fingerprint density at radius 1 is 1.31 bits per heavy atom. The predicted molar refractivity (Wildman–Crippen MR) is 66.3 cm³/mol. The van der Waals surface area contributed by atoms with E-state index in [2.05, 4.69) is 20.8 Å². The van der Waals surface area contributed by atoms with Crippen molar-refractivity contribution in [3.8, 4) is 5.75 Å². The molecule has 0 spiro atoms. The highest BCUT2D eigenvalue weighted by atomic mass is 79.9. The summed E-state index contributed by atoms with van der Waals surface area (Å²) in [6, 6.07) is 5.70. The summed E-state index contributed by atoms with van der Waals surface area (Å²) >= 11 is 3.31. The van der Waals surface area contributed by atoms with Gasteiger partial charge in [-0.05, 0) is 34.8 Å². The summed E-state index contributed by atoms with van der Waals surface area (Å²) < 4.78 is 0.738. The number of aliphatic hydroxyl groups is 1.